The molecule has 2 aliphatic carbocycles. The molecule has 2 aliphatic rings. The van der Waals surface area contributed by atoms with Gasteiger partial charge in [0.05, 0.1) is 0 Å². The monoisotopic (exact) mass is 486 g/mol. The molecule has 1 aromatic rings. The van der Waals surface area contributed by atoms with Crippen LogP contribution in [0.1, 0.15) is 75.9 Å². The first kappa shape index (κ1) is 22.2. The maximum atomic E-state index is 4.80. The number of allylic oxidation sites excluding steroid dienone is 1. The molecular formula is C20H35IN6. The van der Waals surface area contributed by atoms with Crippen LogP contribution in [0.2, 0.25) is 0 Å². The number of hydrogen-bond donors (Lipinski definition) is 2. The van der Waals surface area contributed by atoms with Gasteiger partial charge in [-0.25, -0.2) is 4.99 Å². The van der Waals surface area contributed by atoms with Crippen molar-refractivity contribution in [1.29, 1.82) is 0 Å². The highest BCUT2D eigenvalue weighted by Crippen LogP contribution is 2.19. The first-order valence-corrected chi connectivity index (χ1v) is 10.3. The zero-order chi connectivity index (χ0) is 18.2. The Bertz CT molecular complexity index is 630. The van der Waals surface area contributed by atoms with E-state index in [1.54, 1.807) is 5.57 Å². The Morgan fingerprint density at radius 3 is 2.67 bits per heavy atom. The van der Waals surface area contributed by atoms with Gasteiger partial charge in [-0.2, -0.15) is 0 Å². The molecule has 0 amide bonds. The molecule has 3 rings (SSSR count). The molecule has 0 radical (unpaired) electrons. The minimum absolute atomic E-state index is 0. The van der Waals surface area contributed by atoms with Crippen LogP contribution in [0.5, 0.6) is 0 Å². The van der Waals surface area contributed by atoms with E-state index >= 15 is 0 Å². The maximum absolute atomic E-state index is 4.80. The molecule has 0 atom stereocenters. The number of aryl methyl sites for hydroxylation is 1. The van der Waals surface area contributed by atoms with E-state index < -0.39 is 0 Å². The first-order valence-electron chi connectivity index (χ1n) is 10.3. The van der Waals surface area contributed by atoms with E-state index in [0.717, 1.165) is 30.6 Å². The number of aliphatic imine (C=N–C) groups is 1. The summed E-state index contributed by atoms with van der Waals surface area (Å²) in [5.41, 5.74) is 1.60. The van der Waals surface area contributed by atoms with E-state index in [0.29, 0.717) is 12.6 Å². The largest absolute Gasteiger partial charge is 0.356 e. The molecule has 152 valence electrons. The minimum Gasteiger partial charge on any atom is -0.356 e. The molecule has 0 unspecified atom stereocenters. The van der Waals surface area contributed by atoms with Gasteiger partial charge in [0.2, 0.25) is 0 Å². The van der Waals surface area contributed by atoms with E-state index in [-0.39, 0.29) is 24.0 Å². The normalized spacial score (nSPS) is 18.6. The topological polar surface area (TPSA) is 67.1 Å². The quantitative estimate of drug-likeness (QED) is 0.276. The summed E-state index contributed by atoms with van der Waals surface area (Å²) in [6, 6.07) is 0.546. The van der Waals surface area contributed by atoms with Gasteiger partial charge in [-0.05, 0) is 51.9 Å². The number of aromatic nitrogens is 3. The lowest BCUT2D eigenvalue weighted by atomic mass is 9.96. The molecule has 0 aliphatic heterocycles. The van der Waals surface area contributed by atoms with E-state index in [2.05, 4.69) is 26.9 Å². The molecule has 27 heavy (non-hydrogen) atoms. The molecule has 2 N–H and O–H groups in total. The fraction of sp³-hybridized carbons (Fsp3) is 0.750. The lowest BCUT2D eigenvalue weighted by Gasteiger charge is -2.25. The lowest BCUT2D eigenvalue weighted by Crippen LogP contribution is -2.44. The third-order valence-corrected chi connectivity index (χ3v) is 5.63. The second-order valence-corrected chi connectivity index (χ2v) is 7.65. The minimum atomic E-state index is 0. The third kappa shape index (κ3) is 7.08. The van der Waals surface area contributed by atoms with Crippen LogP contribution in [-0.4, -0.2) is 33.3 Å². The van der Waals surface area contributed by atoms with Gasteiger partial charge < -0.3 is 15.2 Å². The molecule has 1 saturated carbocycles. The van der Waals surface area contributed by atoms with Crippen molar-refractivity contribution in [2.45, 2.75) is 83.7 Å². The molecule has 1 fully saturated rings. The van der Waals surface area contributed by atoms with Crippen molar-refractivity contribution in [3.8, 4) is 0 Å². The van der Waals surface area contributed by atoms with Crippen LogP contribution < -0.4 is 10.6 Å². The Labute approximate surface area is 180 Å². The highest BCUT2D eigenvalue weighted by atomic mass is 127. The van der Waals surface area contributed by atoms with Crippen molar-refractivity contribution in [2.24, 2.45) is 12.0 Å². The predicted molar refractivity (Wildman–Crippen MR) is 121 cm³/mol. The molecule has 0 saturated heterocycles. The summed E-state index contributed by atoms with van der Waals surface area (Å²) in [7, 11) is 2.00. The molecule has 7 heteroatoms. The van der Waals surface area contributed by atoms with Crippen molar-refractivity contribution in [3.05, 3.63) is 23.3 Å². The highest BCUT2D eigenvalue weighted by Gasteiger charge is 2.15. The summed E-state index contributed by atoms with van der Waals surface area (Å²) in [4.78, 5) is 4.80. The second kappa shape index (κ2) is 11.7. The summed E-state index contributed by atoms with van der Waals surface area (Å²) in [6.07, 6.45) is 15.3. The molecule has 0 bridgehead atoms. The molecule has 6 nitrogen and oxygen atoms in total. The standard InChI is InChI=1S/C20H34N6.HI/c1-16-24-25-19(26(16)2)15-22-20(23-18-11-7-4-8-12-18)21-14-13-17-9-5-3-6-10-17;/h9,18H,3-8,10-15H2,1-2H3,(H2,21,22,23);1H. The fourth-order valence-corrected chi connectivity index (χ4v) is 3.80. The number of guanidine groups is 1. The summed E-state index contributed by atoms with van der Waals surface area (Å²) in [5, 5.41) is 15.6. The van der Waals surface area contributed by atoms with Crippen molar-refractivity contribution >= 4 is 29.9 Å². The van der Waals surface area contributed by atoms with Gasteiger partial charge in [-0.1, -0.05) is 30.9 Å². The first-order chi connectivity index (χ1) is 12.7. The van der Waals surface area contributed by atoms with Crippen LogP contribution in [0.25, 0.3) is 0 Å². The van der Waals surface area contributed by atoms with Gasteiger partial charge in [0, 0.05) is 19.6 Å². The number of nitrogens with zero attached hydrogens (tertiary/aromatic N) is 4. The SMILES string of the molecule is Cc1nnc(CN=C(NCCC2=CCCCC2)NC2CCCCC2)n1C.I. The number of nitrogens with one attached hydrogen (secondary N) is 2. The summed E-state index contributed by atoms with van der Waals surface area (Å²) < 4.78 is 2.01. The van der Waals surface area contributed by atoms with Crippen LogP contribution >= 0.6 is 24.0 Å². The van der Waals surface area contributed by atoms with E-state index in [4.69, 9.17) is 4.99 Å². The Balaban J connectivity index is 0.00000261. The second-order valence-electron chi connectivity index (χ2n) is 7.65. The van der Waals surface area contributed by atoms with Crippen LogP contribution in [0, 0.1) is 6.92 Å². The average Bonchev–Trinajstić information content (AvgIpc) is 2.99. The van der Waals surface area contributed by atoms with Crippen molar-refractivity contribution in [1.82, 2.24) is 25.4 Å². The smallest absolute Gasteiger partial charge is 0.191 e. The van der Waals surface area contributed by atoms with Gasteiger partial charge in [0.15, 0.2) is 11.8 Å². The average molecular weight is 486 g/mol. The van der Waals surface area contributed by atoms with Gasteiger partial charge in [0.25, 0.3) is 0 Å². The van der Waals surface area contributed by atoms with Crippen LogP contribution in [0.4, 0.5) is 0 Å². The molecular weight excluding hydrogens is 451 g/mol. The number of rotatable bonds is 6. The third-order valence-electron chi connectivity index (χ3n) is 5.63. The summed E-state index contributed by atoms with van der Waals surface area (Å²) in [6.45, 7) is 3.47. The fourth-order valence-electron chi connectivity index (χ4n) is 3.80. The maximum Gasteiger partial charge on any atom is 0.191 e. The van der Waals surface area contributed by atoms with Crippen molar-refractivity contribution in [2.75, 3.05) is 6.54 Å². The predicted octanol–water partition coefficient (Wildman–Crippen LogP) is 4.00. The van der Waals surface area contributed by atoms with Crippen LogP contribution in [0.15, 0.2) is 16.6 Å². The number of hydrogen-bond acceptors (Lipinski definition) is 3. The van der Waals surface area contributed by atoms with Gasteiger partial charge in [-0.3, -0.25) is 0 Å². The van der Waals surface area contributed by atoms with Crippen molar-refractivity contribution < 1.29 is 0 Å². The molecule has 0 spiro atoms. The van der Waals surface area contributed by atoms with Crippen molar-refractivity contribution in [3.63, 3.8) is 0 Å². The molecule has 1 aromatic heterocycles. The summed E-state index contributed by atoms with van der Waals surface area (Å²) in [5.74, 6) is 2.75. The van der Waals surface area contributed by atoms with E-state index in [1.165, 1.54) is 57.8 Å². The zero-order valence-corrected chi connectivity index (χ0v) is 19.2. The highest BCUT2D eigenvalue weighted by molar-refractivity contribution is 14.0. The van der Waals surface area contributed by atoms with Gasteiger partial charge in [-0.15, -0.1) is 34.2 Å². The van der Waals surface area contributed by atoms with Gasteiger partial charge >= 0.3 is 0 Å². The van der Waals surface area contributed by atoms with Crippen LogP contribution in [0.3, 0.4) is 0 Å². The lowest BCUT2D eigenvalue weighted by molar-refractivity contribution is 0.409. The molecule has 0 aromatic carbocycles. The Morgan fingerprint density at radius 1 is 1.19 bits per heavy atom. The van der Waals surface area contributed by atoms with Crippen LogP contribution in [-0.2, 0) is 13.6 Å². The number of halogens is 1. The molecule has 1 heterocycles. The summed E-state index contributed by atoms with van der Waals surface area (Å²) >= 11 is 0. The Kier molecular flexibility index (Phi) is 9.58. The Hall–Kier alpha value is -1.12. The van der Waals surface area contributed by atoms with Gasteiger partial charge in [0.1, 0.15) is 12.4 Å². The van der Waals surface area contributed by atoms with E-state index in [9.17, 15) is 0 Å². The van der Waals surface area contributed by atoms with E-state index in [1.807, 2.05) is 18.5 Å². The Morgan fingerprint density at radius 2 is 2.00 bits per heavy atom. The zero-order valence-electron chi connectivity index (χ0n) is 16.8.